The minimum Gasteiger partial charge on any atom is -0.497 e. The number of methoxy groups -OCH3 is 1. The molecule has 2 atom stereocenters. The molecule has 0 spiro atoms. The number of nitrogens with zero attached hydrogens (tertiary/aromatic N) is 2. The average molecular weight is 413 g/mol. The van der Waals surface area contributed by atoms with Gasteiger partial charge in [-0.15, -0.1) is 11.3 Å². The number of nitrogens with two attached hydrogens (primary N) is 1. The third-order valence-electron chi connectivity index (χ3n) is 5.04. The van der Waals surface area contributed by atoms with Crippen LogP contribution in [0.15, 0.2) is 29.6 Å². The van der Waals surface area contributed by atoms with Gasteiger partial charge in [0, 0.05) is 35.9 Å². The van der Waals surface area contributed by atoms with Crippen molar-refractivity contribution in [3.63, 3.8) is 0 Å². The Morgan fingerprint density at radius 3 is 2.79 bits per heavy atom. The van der Waals surface area contributed by atoms with E-state index in [4.69, 9.17) is 25.2 Å². The van der Waals surface area contributed by atoms with Gasteiger partial charge in [0.2, 0.25) is 5.91 Å². The molecule has 8 heteroatoms. The number of fused-ring (bicyclic) bond motifs is 1. The van der Waals surface area contributed by atoms with Gasteiger partial charge in [-0.05, 0) is 18.1 Å². The number of hydrogen-bond donors (Lipinski definition) is 2. The molecule has 0 bridgehead atoms. The maximum absolute atomic E-state index is 11.5. The van der Waals surface area contributed by atoms with Crippen LogP contribution < -0.4 is 20.5 Å². The molecule has 0 saturated carbocycles. The van der Waals surface area contributed by atoms with E-state index in [0.717, 1.165) is 33.0 Å². The van der Waals surface area contributed by atoms with Gasteiger partial charge in [0.1, 0.15) is 28.3 Å². The van der Waals surface area contributed by atoms with E-state index in [1.165, 1.54) is 0 Å². The predicted octanol–water partition coefficient (Wildman–Crippen LogP) is 3.08. The highest BCUT2D eigenvalue weighted by Crippen LogP contribution is 2.35. The summed E-state index contributed by atoms with van der Waals surface area (Å²) in [6, 6.07) is 7.28. The molecule has 7 nitrogen and oxygen atoms in total. The van der Waals surface area contributed by atoms with Crippen LogP contribution in [0, 0.1) is 0 Å². The Labute approximate surface area is 173 Å². The van der Waals surface area contributed by atoms with Crippen LogP contribution in [0.3, 0.4) is 0 Å². The number of aromatic nitrogens is 2. The number of thiazole rings is 1. The zero-order valence-corrected chi connectivity index (χ0v) is 17.5. The van der Waals surface area contributed by atoms with Crippen molar-refractivity contribution >= 4 is 28.1 Å². The van der Waals surface area contributed by atoms with Crippen LogP contribution in [-0.4, -0.2) is 41.7 Å². The number of ether oxygens (including phenoxy) is 2. The zero-order valence-electron chi connectivity index (χ0n) is 16.6. The number of rotatable bonds is 6. The van der Waals surface area contributed by atoms with E-state index in [0.29, 0.717) is 24.6 Å². The van der Waals surface area contributed by atoms with Crippen molar-refractivity contribution in [2.24, 2.45) is 5.73 Å². The van der Waals surface area contributed by atoms with Crippen molar-refractivity contribution in [2.45, 2.75) is 38.3 Å². The van der Waals surface area contributed by atoms with E-state index in [1.54, 1.807) is 18.4 Å². The molecule has 3 heterocycles. The maximum Gasteiger partial charge on any atom is 0.234 e. The summed E-state index contributed by atoms with van der Waals surface area (Å²) in [5.41, 5.74) is 7.99. The molecule has 0 radical (unpaired) electrons. The Morgan fingerprint density at radius 2 is 2.14 bits per heavy atom. The lowest BCUT2D eigenvalue weighted by molar-refractivity contribution is -0.119. The molecule has 1 aromatic carbocycles. The molecule has 1 saturated heterocycles. The molecular formula is C21H24N4O3S. The van der Waals surface area contributed by atoms with Crippen LogP contribution >= 0.6 is 11.3 Å². The normalized spacial score (nSPS) is 19.0. The Balaban J connectivity index is 1.74. The largest absolute Gasteiger partial charge is 0.497 e. The molecular weight excluding hydrogens is 388 g/mol. The summed E-state index contributed by atoms with van der Waals surface area (Å²) in [5.74, 6) is 1.44. The number of pyridine rings is 1. The van der Waals surface area contributed by atoms with E-state index < -0.39 is 0 Å². The standard InChI is InChI=1S/C21H24N4O3S/c1-11(2)18-10-29-21(25-18)17-8-19(28-13-7-16(20(22)26)23-9-13)14-5-4-12(27-3)6-15(14)24-17/h4-6,8,10-11,13,16,23H,7,9H2,1-3H3,(H2,22,26). The summed E-state index contributed by atoms with van der Waals surface area (Å²) in [5, 5.41) is 6.91. The first-order valence-electron chi connectivity index (χ1n) is 9.58. The molecule has 1 aliphatic rings. The second-order valence-corrected chi connectivity index (χ2v) is 8.32. The number of amides is 1. The van der Waals surface area contributed by atoms with E-state index in [-0.39, 0.29) is 18.1 Å². The van der Waals surface area contributed by atoms with Gasteiger partial charge in [-0.1, -0.05) is 13.8 Å². The highest BCUT2D eigenvalue weighted by atomic mass is 32.1. The quantitative estimate of drug-likeness (QED) is 0.645. The Kier molecular flexibility index (Phi) is 5.38. The van der Waals surface area contributed by atoms with Crippen LogP contribution in [0.2, 0.25) is 0 Å². The average Bonchev–Trinajstić information content (AvgIpc) is 3.37. The minimum absolute atomic E-state index is 0.143. The van der Waals surface area contributed by atoms with Crippen LogP contribution in [0.1, 0.15) is 31.9 Å². The Hall–Kier alpha value is -2.71. The van der Waals surface area contributed by atoms with Gasteiger partial charge in [-0.25, -0.2) is 9.97 Å². The highest BCUT2D eigenvalue weighted by molar-refractivity contribution is 7.13. The van der Waals surface area contributed by atoms with Gasteiger partial charge in [-0.2, -0.15) is 0 Å². The molecule has 1 amide bonds. The lowest BCUT2D eigenvalue weighted by atomic mass is 10.1. The first kappa shape index (κ1) is 19.6. The third kappa shape index (κ3) is 4.04. The van der Waals surface area contributed by atoms with E-state index in [2.05, 4.69) is 24.5 Å². The molecule has 29 heavy (non-hydrogen) atoms. The van der Waals surface area contributed by atoms with Crippen LogP contribution in [0.25, 0.3) is 21.6 Å². The fourth-order valence-corrected chi connectivity index (χ4v) is 4.31. The van der Waals surface area contributed by atoms with Gasteiger partial charge in [0.25, 0.3) is 0 Å². The Morgan fingerprint density at radius 1 is 1.31 bits per heavy atom. The van der Waals surface area contributed by atoms with Gasteiger partial charge in [0.15, 0.2) is 0 Å². The number of benzene rings is 1. The lowest BCUT2D eigenvalue weighted by Crippen LogP contribution is -2.36. The lowest BCUT2D eigenvalue weighted by Gasteiger charge is -2.16. The molecule has 2 aromatic heterocycles. The predicted molar refractivity (Wildman–Crippen MR) is 114 cm³/mol. The van der Waals surface area contributed by atoms with Crippen LogP contribution in [-0.2, 0) is 4.79 Å². The first-order chi connectivity index (χ1) is 13.9. The number of carbonyl (C=O) groups is 1. The monoisotopic (exact) mass is 412 g/mol. The topological polar surface area (TPSA) is 99.4 Å². The highest BCUT2D eigenvalue weighted by Gasteiger charge is 2.29. The van der Waals surface area contributed by atoms with E-state index in [1.807, 2.05) is 24.3 Å². The molecule has 152 valence electrons. The third-order valence-corrected chi connectivity index (χ3v) is 5.92. The van der Waals surface area contributed by atoms with Gasteiger partial charge >= 0.3 is 0 Å². The summed E-state index contributed by atoms with van der Waals surface area (Å²) in [7, 11) is 1.63. The minimum atomic E-state index is -0.361. The van der Waals surface area contributed by atoms with E-state index in [9.17, 15) is 4.79 Å². The fourth-order valence-electron chi connectivity index (χ4n) is 3.37. The second-order valence-electron chi connectivity index (χ2n) is 7.46. The van der Waals surface area contributed by atoms with Crippen molar-refractivity contribution in [2.75, 3.05) is 13.7 Å². The van der Waals surface area contributed by atoms with Crippen molar-refractivity contribution in [1.82, 2.24) is 15.3 Å². The molecule has 1 fully saturated rings. The van der Waals surface area contributed by atoms with Crippen molar-refractivity contribution in [1.29, 1.82) is 0 Å². The molecule has 1 aliphatic heterocycles. The molecule has 2 unspecified atom stereocenters. The number of primary amides is 1. The summed E-state index contributed by atoms with van der Waals surface area (Å²) in [4.78, 5) is 21.0. The SMILES string of the molecule is COc1ccc2c(OC3CNC(C(N)=O)C3)cc(-c3nc(C(C)C)cs3)nc2c1. The van der Waals surface area contributed by atoms with Gasteiger partial charge < -0.3 is 20.5 Å². The van der Waals surface area contributed by atoms with Crippen molar-refractivity contribution < 1.29 is 14.3 Å². The molecule has 4 rings (SSSR count). The number of hydrogen-bond acceptors (Lipinski definition) is 7. The summed E-state index contributed by atoms with van der Waals surface area (Å²) >= 11 is 1.57. The fraction of sp³-hybridized carbons (Fsp3) is 0.381. The number of nitrogens with one attached hydrogen (secondary N) is 1. The van der Waals surface area contributed by atoms with Crippen molar-refractivity contribution in [3.8, 4) is 22.2 Å². The van der Waals surface area contributed by atoms with Crippen molar-refractivity contribution in [3.05, 3.63) is 35.3 Å². The van der Waals surface area contributed by atoms with Crippen LogP contribution in [0.5, 0.6) is 11.5 Å². The van der Waals surface area contributed by atoms with Gasteiger partial charge in [0.05, 0.1) is 24.4 Å². The number of carbonyl (C=O) groups excluding carboxylic acids is 1. The van der Waals surface area contributed by atoms with Crippen LogP contribution in [0.4, 0.5) is 0 Å². The Bertz CT molecular complexity index is 1050. The second kappa shape index (κ2) is 7.96. The zero-order chi connectivity index (χ0) is 20.5. The molecule has 0 aliphatic carbocycles. The smallest absolute Gasteiger partial charge is 0.234 e. The molecule has 3 aromatic rings. The molecule has 3 N–H and O–H groups in total. The summed E-state index contributed by atoms with van der Waals surface area (Å²) in [6.45, 7) is 4.81. The summed E-state index contributed by atoms with van der Waals surface area (Å²) < 4.78 is 11.6. The summed E-state index contributed by atoms with van der Waals surface area (Å²) in [6.07, 6.45) is 0.398. The maximum atomic E-state index is 11.5. The van der Waals surface area contributed by atoms with Gasteiger partial charge in [-0.3, -0.25) is 4.79 Å². The first-order valence-corrected chi connectivity index (χ1v) is 10.5. The van der Waals surface area contributed by atoms with E-state index >= 15 is 0 Å².